The molecule has 2 saturated carbocycles. The Kier molecular flexibility index (Phi) is 19.4. The molecule has 0 unspecified atom stereocenters. The van der Waals surface area contributed by atoms with E-state index in [1.807, 2.05) is 0 Å². The standard InChI is InChI=1S/2C29H29.C2H6Si.2ClH.Zr/c2*1-2-6-12-22(11-5-1)19-23-20-28-26(24-13-7-3-8-14-24)17-18-27(29(28)21-23)25-15-9-4-10-16-25;1-3-2;;;/h2*3-4,7-10,13-18,20-22H,1-2,5-6,11-12,19H2;1-2H3;2*1H;/q2*-1;;;;+4/p-2. The summed E-state index contributed by atoms with van der Waals surface area (Å²) in [4.78, 5) is 0. The second kappa shape index (κ2) is 25.8. The minimum atomic E-state index is -0.826. The van der Waals surface area contributed by atoms with Crippen LogP contribution in [0.15, 0.2) is 170 Å². The fourth-order valence-electron chi connectivity index (χ4n) is 10.2. The molecular weight excluding hydrogens is 911 g/mol. The van der Waals surface area contributed by atoms with Crippen molar-refractivity contribution in [1.29, 1.82) is 0 Å². The third-order valence-electron chi connectivity index (χ3n) is 13.2. The van der Waals surface area contributed by atoms with Crippen LogP contribution in [0.1, 0.15) is 88.2 Å². The van der Waals surface area contributed by atoms with Gasteiger partial charge >= 0.3 is 37.9 Å². The molecule has 0 nitrogen and oxygen atoms in total. The van der Waals surface area contributed by atoms with Gasteiger partial charge in [0.15, 0.2) is 0 Å². The van der Waals surface area contributed by atoms with Crippen molar-refractivity contribution in [3.63, 3.8) is 0 Å². The van der Waals surface area contributed by atoms with Gasteiger partial charge < -0.3 is 0 Å². The van der Waals surface area contributed by atoms with Crippen LogP contribution in [0.5, 0.6) is 0 Å². The van der Waals surface area contributed by atoms with Gasteiger partial charge in [0.1, 0.15) is 0 Å². The maximum atomic E-state index is 4.93. The summed E-state index contributed by atoms with van der Waals surface area (Å²) in [5.41, 5.74) is 13.7. The Morgan fingerprint density at radius 3 is 0.984 bits per heavy atom. The van der Waals surface area contributed by atoms with Crippen molar-refractivity contribution in [2.45, 2.75) is 103 Å². The van der Waals surface area contributed by atoms with Crippen molar-refractivity contribution in [1.82, 2.24) is 0 Å². The maximum Gasteiger partial charge on any atom is -0.0279 e. The van der Waals surface area contributed by atoms with Crippen LogP contribution < -0.4 is 0 Å². The van der Waals surface area contributed by atoms with Crippen LogP contribution in [0.2, 0.25) is 13.1 Å². The minimum absolute atomic E-state index is 0.826. The van der Waals surface area contributed by atoms with Crippen molar-refractivity contribution in [2.24, 2.45) is 11.8 Å². The molecule has 4 heteroatoms. The summed E-state index contributed by atoms with van der Waals surface area (Å²) in [7, 11) is 11.0. The normalized spacial score (nSPS) is 14.4. The Bertz CT molecular complexity index is 2210. The zero-order valence-electron chi connectivity index (χ0n) is 38.0. The fraction of sp³-hybridized carbons (Fsp3) is 0.300. The number of rotatable bonds is 8. The summed E-state index contributed by atoms with van der Waals surface area (Å²) in [6.45, 7) is 4.31. The van der Waals surface area contributed by atoms with E-state index < -0.39 is 20.8 Å². The Hall–Kier alpha value is -3.78. The topological polar surface area (TPSA) is 0 Å². The average molecular weight is 975 g/mol. The Morgan fingerprint density at radius 2 is 0.688 bits per heavy atom. The first-order valence-corrected chi connectivity index (χ1v) is 32.1. The summed E-state index contributed by atoms with van der Waals surface area (Å²) in [5.74, 6) is 1.71. The Morgan fingerprint density at radius 1 is 0.422 bits per heavy atom. The third kappa shape index (κ3) is 13.2. The van der Waals surface area contributed by atoms with Crippen molar-refractivity contribution in [2.75, 3.05) is 0 Å². The Balaban J connectivity index is 0.000000171. The molecule has 8 aromatic rings. The van der Waals surface area contributed by atoms with Gasteiger partial charge in [-0.3, -0.25) is 0 Å². The third-order valence-corrected chi connectivity index (χ3v) is 13.2. The predicted octanol–water partition coefficient (Wildman–Crippen LogP) is 19.0. The zero-order chi connectivity index (χ0) is 44.4. The molecule has 2 aliphatic carbocycles. The van der Waals surface area contributed by atoms with Crippen molar-refractivity contribution >= 4 is 48.1 Å². The van der Waals surface area contributed by atoms with Gasteiger partial charge in [-0.05, 0) is 35.8 Å². The first kappa shape index (κ1) is 48.2. The van der Waals surface area contributed by atoms with E-state index >= 15 is 0 Å². The van der Waals surface area contributed by atoms with Crippen LogP contribution in [0.4, 0.5) is 0 Å². The molecule has 64 heavy (non-hydrogen) atoms. The second-order valence-electron chi connectivity index (χ2n) is 17.9. The molecule has 0 aliphatic heterocycles. The maximum absolute atomic E-state index is 4.93. The first-order valence-electron chi connectivity index (χ1n) is 23.8. The van der Waals surface area contributed by atoms with E-state index in [1.54, 1.807) is 0 Å². The molecule has 326 valence electrons. The summed E-state index contributed by atoms with van der Waals surface area (Å²) in [5, 5.41) is 5.62. The van der Waals surface area contributed by atoms with Gasteiger partial charge in [-0.1, -0.05) is 269 Å². The van der Waals surface area contributed by atoms with Gasteiger partial charge in [-0.15, -0.1) is 44.8 Å². The van der Waals surface area contributed by atoms with Crippen LogP contribution in [0.3, 0.4) is 0 Å². The molecular formula is C60H64Cl2SiZr. The van der Waals surface area contributed by atoms with Crippen LogP contribution in [-0.4, -0.2) is 9.52 Å². The van der Waals surface area contributed by atoms with E-state index in [4.69, 9.17) is 17.0 Å². The van der Waals surface area contributed by atoms with Gasteiger partial charge in [0.05, 0.1) is 0 Å². The van der Waals surface area contributed by atoms with Crippen LogP contribution in [0, 0.1) is 11.8 Å². The Labute approximate surface area is 406 Å². The van der Waals surface area contributed by atoms with Gasteiger partial charge in [0, 0.05) is 9.52 Å². The first-order chi connectivity index (χ1) is 31.6. The fourth-order valence-corrected chi connectivity index (χ4v) is 10.2. The monoisotopic (exact) mass is 972 g/mol. The molecule has 0 heterocycles. The van der Waals surface area contributed by atoms with Crippen molar-refractivity contribution < 1.29 is 20.8 Å². The summed E-state index contributed by atoms with van der Waals surface area (Å²) < 4.78 is 0. The van der Waals surface area contributed by atoms with Crippen LogP contribution in [0.25, 0.3) is 66.1 Å². The number of hydrogen-bond acceptors (Lipinski definition) is 0. The molecule has 2 radical (unpaired) electrons. The van der Waals surface area contributed by atoms with E-state index in [0.717, 1.165) is 21.4 Å². The molecule has 10 rings (SSSR count). The number of hydrogen-bond donors (Lipinski definition) is 0. The van der Waals surface area contributed by atoms with Gasteiger partial charge in [-0.25, -0.2) is 0 Å². The van der Waals surface area contributed by atoms with E-state index in [9.17, 15) is 0 Å². The number of halogens is 2. The molecule has 0 spiro atoms. The summed E-state index contributed by atoms with van der Waals surface area (Å²) >= 11 is -0.826. The van der Waals surface area contributed by atoms with E-state index in [1.165, 1.54) is 167 Å². The van der Waals surface area contributed by atoms with Gasteiger partial charge in [0.2, 0.25) is 0 Å². The van der Waals surface area contributed by atoms with Gasteiger partial charge in [-0.2, -0.15) is 12.1 Å². The van der Waals surface area contributed by atoms with Crippen molar-refractivity contribution in [3.05, 3.63) is 181 Å². The number of benzene rings is 6. The molecule has 2 aliphatic rings. The quantitative estimate of drug-likeness (QED) is 0.0809. The molecule has 0 aromatic heterocycles. The molecule has 0 atom stereocenters. The molecule has 8 aromatic carbocycles. The second-order valence-corrected chi connectivity index (χ2v) is 22.6. The van der Waals surface area contributed by atoms with Crippen LogP contribution in [-0.2, 0) is 33.7 Å². The molecule has 0 bridgehead atoms. The van der Waals surface area contributed by atoms with E-state index in [-0.39, 0.29) is 0 Å². The average Bonchev–Trinajstić information content (AvgIpc) is 3.74. The minimum Gasteiger partial charge on any atom is -0.164 e. The SMILES string of the molecule is C[Si]C.[Cl][Zr+2][Cl].c1ccc(-c2ccc(-c3ccccc3)c3[cH-]c(CC4CCCCCC4)cc23)cc1.c1ccc(-c2ccc(-c3ccccc3)c3[cH-]c(CC4CCCCCC4)cc23)cc1. The molecule has 0 saturated heterocycles. The molecule has 0 amide bonds. The number of fused-ring (bicyclic) bond motifs is 2. The summed E-state index contributed by atoms with van der Waals surface area (Å²) in [6, 6.07) is 62.6. The smallest absolute Gasteiger partial charge is 0.0279 e. The molecule has 0 N–H and O–H groups in total. The molecule has 2 fully saturated rings. The predicted molar refractivity (Wildman–Crippen MR) is 280 cm³/mol. The zero-order valence-corrected chi connectivity index (χ0v) is 42.9. The van der Waals surface area contributed by atoms with Gasteiger partial charge in [0.25, 0.3) is 0 Å². The van der Waals surface area contributed by atoms with Crippen molar-refractivity contribution in [3.8, 4) is 44.5 Å². The summed E-state index contributed by atoms with van der Waals surface area (Å²) in [6.07, 6.45) is 19.4. The van der Waals surface area contributed by atoms with E-state index in [2.05, 4.69) is 183 Å². The largest absolute Gasteiger partial charge is 0.164 e. The van der Waals surface area contributed by atoms with Crippen LogP contribution >= 0.6 is 17.0 Å². The van der Waals surface area contributed by atoms with E-state index in [0.29, 0.717) is 0 Å².